The average Bonchev–Trinajstić information content (AvgIpc) is 2.80. The lowest BCUT2D eigenvalue weighted by molar-refractivity contribution is 0.0360. The van der Waals surface area contributed by atoms with Crippen molar-refractivity contribution in [2.75, 3.05) is 33.9 Å². The predicted octanol–water partition coefficient (Wildman–Crippen LogP) is 3.34. The van der Waals surface area contributed by atoms with Crippen LogP contribution in [-0.2, 0) is 24.8 Å². The fourth-order valence-corrected chi connectivity index (χ4v) is 6.73. The normalized spacial score (nSPS) is 15.4. The van der Waals surface area contributed by atoms with Crippen LogP contribution in [0.2, 0.25) is 10.0 Å². The van der Waals surface area contributed by atoms with E-state index >= 15 is 0 Å². The van der Waals surface area contributed by atoms with Gasteiger partial charge in [-0.15, -0.1) is 0 Å². The van der Waals surface area contributed by atoms with Crippen molar-refractivity contribution in [3.8, 4) is 0 Å². The molecule has 0 aliphatic rings. The van der Waals surface area contributed by atoms with E-state index in [0.717, 1.165) is 4.31 Å². The number of likely N-dealkylation sites (N-methyl/N-ethyl adjacent to an activating group) is 1. The van der Waals surface area contributed by atoms with Crippen molar-refractivity contribution in [1.82, 2.24) is 8.61 Å². The molecule has 0 aliphatic heterocycles. The number of ether oxygens (including phenoxy) is 1. The molecule has 2 aromatic carbocycles. The molecule has 8 nitrogen and oxygen atoms in total. The molecule has 0 fully saturated rings. The lowest BCUT2D eigenvalue weighted by atomic mass is 10.0. The summed E-state index contributed by atoms with van der Waals surface area (Å²) in [6.07, 6.45) is -0.630. The van der Waals surface area contributed by atoms with Crippen LogP contribution in [0.1, 0.15) is 13.8 Å². The van der Waals surface area contributed by atoms with Crippen LogP contribution in [0.5, 0.6) is 0 Å². The fraction of sp³-hybridized carbons (Fsp3) is 0.455. The van der Waals surface area contributed by atoms with Crippen molar-refractivity contribution in [2.24, 2.45) is 5.92 Å². The van der Waals surface area contributed by atoms with Gasteiger partial charge in [0.15, 0.2) is 0 Å². The summed E-state index contributed by atoms with van der Waals surface area (Å²) in [7, 11) is -4.93. The Labute approximate surface area is 212 Å². The molecular weight excluding hydrogens is 523 g/mol. The van der Waals surface area contributed by atoms with E-state index in [0.29, 0.717) is 5.02 Å². The summed E-state index contributed by atoms with van der Waals surface area (Å²) in [5.41, 5.74) is 0. The number of rotatable bonds is 12. The van der Waals surface area contributed by atoms with Gasteiger partial charge in [0.1, 0.15) is 0 Å². The van der Waals surface area contributed by atoms with Crippen molar-refractivity contribution in [1.29, 1.82) is 0 Å². The fourth-order valence-electron chi connectivity index (χ4n) is 3.40. The van der Waals surface area contributed by atoms with Gasteiger partial charge in [0.2, 0.25) is 20.0 Å². The van der Waals surface area contributed by atoms with E-state index in [1.54, 1.807) is 19.9 Å². The lowest BCUT2D eigenvalue weighted by Gasteiger charge is -2.33. The maximum Gasteiger partial charge on any atom is 0.243 e. The molecule has 0 heterocycles. The first-order valence-corrected chi connectivity index (χ1v) is 14.1. The van der Waals surface area contributed by atoms with E-state index in [1.165, 1.54) is 60.9 Å². The second-order valence-electron chi connectivity index (χ2n) is 8.05. The Balaban J connectivity index is 2.26. The number of methoxy groups -OCH3 is 1. The molecule has 12 heteroatoms. The van der Waals surface area contributed by atoms with Gasteiger partial charge in [-0.25, -0.2) is 16.8 Å². The van der Waals surface area contributed by atoms with Crippen molar-refractivity contribution < 1.29 is 26.7 Å². The maximum absolute atomic E-state index is 13.3. The molecular formula is C22H30Cl2N2O6S2. The molecule has 0 spiro atoms. The topological polar surface area (TPSA) is 104 Å². The standard InChI is InChI=1S/C22H30Cl2N2O6S2/c1-16(13-26(17(2)15-27)34(30,31)21-7-5-6-19(24)12-21)22(32-4)14-25(3)33(28,29)20-10-8-18(23)9-11-20/h5-12,16-17,22,27H,13-15H2,1-4H3/t16-,17-,22-/m0/s1. The molecule has 2 aromatic rings. The summed E-state index contributed by atoms with van der Waals surface area (Å²) in [5.74, 6) is -0.421. The van der Waals surface area contributed by atoms with E-state index in [-0.39, 0.29) is 27.9 Å². The van der Waals surface area contributed by atoms with Crippen LogP contribution in [0.3, 0.4) is 0 Å². The van der Waals surface area contributed by atoms with E-state index in [9.17, 15) is 21.9 Å². The maximum atomic E-state index is 13.3. The van der Waals surface area contributed by atoms with Crippen LogP contribution in [0, 0.1) is 5.92 Å². The molecule has 1 N–H and O–H groups in total. The molecule has 0 radical (unpaired) electrons. The number of hydrogen-bond acceptors (Lipinski definition) is 6. The van der Waals surface area contributed by atoms with Gasteiger partial charge in [0, 0.05) is 43.3 Å². The number of aliphatic hydroxyl groups excluding tert-OH is 1. The van der Waals surface area contributed by atoms with E-state index < -0.39 is 44.7 Å². The summed E-state index contributed by atoms with van der Waals surface area (Å²) in [6.45, 7) is 2.94. The largest absolute Gasteiger partial charge is 0.395 e. The second kappa shape index (κ2) is 12.1. The van der Waals surface area contributed by atoms with Crippen LogP contribution in [0.4, 0.5) is 0 Å². The smallest absolute Gasteiger partial charge is 0.243 e. The Hall–Kier alpha value is -1.24. The second-order valence-corrected chi connectivity index (χ2v) is 12.9. The Bertz CT molecular complexity index is 1160. The molecule has 0 saturated heterocycles. The van der Waals surface area contributed by atoms with Crippen molar-refractivity contribution >= 4 is 43.2 Å². The molecule has 34 heavy (non-hydrogen) atoms. The van der Waals surface area contributed by atoms with Gasteiger partial charge in [0.05, 0.1) is 22.5 Å². The molecule has 0 aliphatic carbocycles. The van der Waals surface area contributed by atoms with E-state index in [1.807, 2.05) is 0 Å². The van der Waals surface area contributed by atoms with Gasteiger partial charge < -0.3 is 9.84 Å². The lowest BCUT2D eigenvalue weighted by Crippen LogP contribution is -2.47. The summed E-state index contributed by atoms with van der Waals surface area (Å²) in [4.78, 5) is 0.0878. The summed E-state index contributed by atoms with van der Waals surface area (Å²) < 4.78 is 60.4. The third-order valence-electron chi connectivity index (χ3n) is 5.52. The zero-order chi connectivity index (χ0) is 25.7. The summed E-state index contributed by atoms with van der Waals surface area (Å²) in [5, 5.41) is 10.4. The van der Waals surface area contributed by atoms with Gasteiger partial charge in [-0.05, 0) is 55.3 Å². The summed E-state index contributed by atoms with van der Waals surface area (Å²) >= 11 is 11.8. The van der Waals surface area contributed by atoms with Gasteiger partial charge in [-0.1, -0.05) is 36.2 Å². The molecule has 3 atom stereocenters. The van der Waals surface area contributed by atoms with Gasteiger partial charge in [0.25, 0.3) is 0 Å². The number of hydrogen-bond donors (Lipinski definition) is 1. The van der Waals surface area contributed by atoms with Crippen molar-refractivity contribution in [3.63, 3.8) is 0 Å². The van der Waals surface area contributed by atoms with E-state index in [4.69, 9.17) is 27.9 Å². The Kier molecular flexibility index (Phi) is 10.3. The average molecular weight is 554 g/mol. The Morgan fingerprint density at radius 2 is 1.53 bits per heavy atom. The highest BCUT2D eigenvalue weighted by molar-refractivity contribution is 7.89. The number of benzene rings is 2. The van der Waals surface area contributed by atoms with Crippen molar-refractivity contribution in [3.05, 3.63) is 58.6 Å². The Morgan fingerprint density at radius 3 is 2.06 bits per heavy atom. The van der Waals surface area contributed by atoms with Crippen LogP contribution in [0.15, 0.2) is 58.3 Å². The van der Waals surface area contributed by atoms with Gasteiger partial charge >= 0.3 is 0 Å². The number of halogens is 2. The van der Waals surface area contributed by atoms with Crippen LogP contribution >= 0.6 is 23.2 Å². The molecule has 0 amide bonds. The zero-order valence-electron chi connectivity index (χ0n) is 19.4. The molecule has 0 aromatic heterocycles. The highest BCUT2D eigenvalue weighted by Gasteiger charge is 2.34. The van der Waals surface area contributed by atoms with Crippen LogP contribution < -0.4 is 0 Å². The minimum absolute atomic E-state index is 0.00361. The molecule has 190 valence electrons. The molecule has 0 bridgehead atoms. The van der Waals surface area contributed by atoms with Gasteiger partial charge in [-0.2, -0.15) is 8.61 Å². The third-order valence-corrected chi connectivity index (χ3v) is 9.82. The number of sulfonamides is 2. The zero-order valence-corrected chi connectivity index (χ0v) is 22.6. The number of aliphatic hydroxyl groups is 1. The third kappa shape index (κ3) is 6.92. The van der Waals surface area contributed by atoms with E-state index in [2.05, 4.69) is 0 Å². The minimum Gasteiger partial charge on any atom is -0.395 e. The first-order chi connectivity index (χ1) is 15.8. The monoisotopic (exact) mass is 552 g/mol. The predicted molar refractivity (Wildman–Crippen MR) is 133 cm³/mol. The van der Waals surface area contributed by atoms with Gasteiger partial charge in [-0.3, -0.25) is 0 Å². The van der Waals surface area contributed by atoms with Crippen LogP contribution in [-0.4, -0.2) is 76.6 Å². The highest BCUT2D eigenvalue weighted by atomic mass is 35.5. The molecule has 2 rings (SSSR count). The highest BCUT2D eigenvalue weighted by Crippen LogP contribution is 2.25. The van der Waals surface area contributed by atoms with Crippen LogP contribution in [0.25, 0.3) is 0 Å². The summed E-state index contributed by atoms with van der Waals surface area (Å²) in [6, 6.07) is 11.0. The molecule has 0 saturated carbocycles. The quantitative estimate of drug-likeness (QED) is 0.433. The number of nitrogens with zero attached hydrogens (tertiary/aromatic N) is 2. The minimum atomic E-state index is -3.99. The van der Waals surface area contributed by atoms with Crippen molar-refractivity contribution in [2.45, 2.75) is 35.8 Å². The first-order valence-electron chi connectivity index (χ1n) is 10.5. The molecule has 0 unspecified atom stereocenters. The Morgan fingerprint density at radius 1 is 0.912 bits per heavy atom. The SMILES string of the molecule is CO[C@@H](CN(C)S(=O)(=O)c1ccc(Cl)cc1)[C@@H](C)CN([C@@H](C)CO)S(=O)(=O)c1cccc(Cl)c1. The first kappa shape index (κ1) is 29.0.